The summed E-state index contributed by atoms with van der Waals surface area (Å²) >= 11 is 0. The average Bonchev–Trinajstić information content (AvgIpc) is 2.60. The zero-order valence-electron chi connectivity index (χ0n) is 9.96. The lowest BCUT2D eigenvalue weighted by Gasteiger charge is -2.24. The molecule has 1 aliphatic rings. The lowest BCUT2D eigenvalue weighted by atomic mass is 10.1. The Morgan fingerprint density at radius 1 is 1.22 bits per heavy atom. The molecule has 18 heavy (non-hydrogen) atoms. The first-order valence-electron chi connectivity index (χ1n) is 5.49. The zero-order chi connectivity index (χ0) is 13.3. The van der Waals surface area contributed by atoms with Crippen LogP contribution in [0.4, 0.5) is 5.69 Å². The molecular formula is C12H14N2O4. The van der Waals surface area contributed by atoms with Crippen molar-refractivity contribution >= 4 is 17.4 Å². The lowest BCUT2D eigenvalue weighted by molar-refractivity contribution is -0.115. The first-order chi connectivity index (χ1) is 8.58. The SMILES string of the molecule is Cc1ccc2c(c1)C(=O)C(=O)N2CN(CO)CO. The molecule has 2 rings (SSSR count). The van der Waals surface area contributed by atoms with Gasteiger partial charge in [-0.1, -0.05) is 11.6 Å². The van der Waals surface area contributed by atoms with Gasteiger partial charge >= 0.3 is 5.91 Å². The summed E-state index contributed by atoms with van der Waals surface area (Å²) in [6, 6.07) is 5.16. The number of hydrogen-bond donors (Lipinski definition) is 2. The Bertz CT molecular complexity index is 497. The molecule has 6 heteroatoms. The normalized spacial score (nSPS) is 14.6. The van der Waals surface area contributed by atoms with Crippen LogP contribution in [0.25, 0.3) is 0 Å². The number of benzene rings is 1. The Balaban J connectivity index is 2.34. The van der Waals surface area contributed by atoms with Crippen molar-refractivity contribution in [3.63, 3.8) is 0 Å². The van der Waals surface area contributed by atoms with Crippen molar-refractivity contribution in [3.8, 4) is 0 Å². The molecule has 0 bridgehead atoms. The number of carbonyl (C=O) groups excluding carboxylic acids is 2. The van der Waals surface area contributed by atoms with Gasteiger partial charge in [0.1, 0.15) is 0 Å². The van der Waals surface area contributed by atoms with E-state index in [0.717, 1.165) is 5.56 Å². The highest BCUT2D eigenvalue weighted by Gasteiger charge is 2.36. The van der Waals surface area contributed by atoms with Crippen molar-refractivity contribution in [3.05, 3.63) is 29.3 Å². The monoisotopic (exact) mass is 250 g/mol. The second kappa shape index (κ2) is 4.85. The van der Waals surface area contributed by atoms with Crippen LogP contribution in [-0.2, 0) is 4.79 Å². The molecule has 1 aromatic carbocycles. The third kappa shape index (κ3) is 2.01. The number of aliphatic hydroxyl groups is 2. The summed E-state index contributed by atoms with van der Waals surface area (Å²) in [6.45, 7) is 1.04. The molecular weight excluding hydrogens is 236 g/mol. The van der Waals surface area contributed by atoms with Crippen LogP contribution in [0.2, 0.25) is 0 Å². The highest BCUT2D eigenvalue weighted by molar-refractivity contribution is 6.52. The van der Waals surface area contributed by atoms with Gasteiger partial charge in [-0.15, -0.1) is 0 Å². The maximum absolute atomic E-state index is 11.8. The molecule has 1 amide bonds. The topological polar surface area (TPSA) is 81.1 Å². The highest BCUT2D eigenvalue weighted by Crippen LogP contribution is 2.29. The van der Waals surface area contributed by atoms with Crippen molar-refractivity contribution in [1.29, 1.82) is 0 Å². The smallest absolute Gasteiger partial charge is 0.300 e. The second-order valence-electron chi connectivity index (χ2n) is 4.18. The number of hydrogen-bond acceptors (Lipinski definition) is 5. The van der Waals surface area contributed by atoms with E-state index < -0.39 is 25.2 Å². The number of fused-ring (bicyclic) bond motifs is 1. The summed E-state index contributed by atoms with van der Waals surface area (Å²) in [6.07, 6.45) is 0. The maximum atomic E-state index is 11.8. The number of rotatable bonds is 4. The zero-order valence-corrected chi connectivity index (χ0v) is 9.96. The Morgan fingerprint density at radius 3 is 2.50 bits per heavy atom. The molecule has 0 fully saturated rings. The predicted molar refractivity (Wildman–Crippen MR) is 63.9 cm³/mol. The van der Waals surface area contributed by atoms with E-state index >= 15 is 0 Å². The van der Waals surface area contributed by atoms with Crippen molar-refractivity contribution < 1.29 is 19.8 Å². The highest BCUT2D eigenvalue weighted by atomic mass is 16.3. The summed E-state index contributed by atoms with van der Waals surface area (Å²) in [5, 5.41) is 17.9. The minimum atomic E-state index is -0.637. The van der Waals surface area contributed by atoms with Crippen molar-refractivity contribution in [1.82, 2.24) is 4.90 Å². The first kappa shape index (κ1) is 12.7. The standard InChI is InChI=1S/C12H14N2O4/c1-8-2-3-10-9(4-8)11(17)12(18)14(10)5-13(6-15)7-16/h2-4,15-16H,5-7H2,1H3. The van der Waals surface area contributed by atoms with E-state index in [0.29, 0.717) is 11.3 Å². The summed E-state index contributed by atoms with van der Waals surface area (Å²) < 4.78 is 0. The number of Topliss-reactive ketones (excluding diaryl/α,β-unsaturated/α-hetero) is 1. The molecule has 0 spiro atoms. The molecule has 1 heterocycles. The van der Waals surface area contributed by atoms with Gasteiger partial charge in [0, 0.05) is 0 Å². The molecule has 0 saturated heterocycles. The second-order valence-corrected chi connectivity index (χ2v) is 4.18. The summed E-state index contributed by atoms with van der Waals surface area (Å²) in [4.78, 5) is 26.1. The third-order valence-corrected chi connectivity index (χ3v) is 2.87. The molecule has 0 aromatic heterocycles. The molecule has 0 atom stereocenters. The lowest BCUT2D eigenvalue weighted by Crippen LogP contribution is -2.41. The fourth-order valence-electron chi connectivity index (χ4n) is 1.89. The Morgan fingerprint density at radius 2 is 1.89 bits per heavy atom. The van der Waals surface area contributed by atoms with Gasteiger partial charge in [0.15, 0.2) is 0 Å². The van der Waals surface area contributed by atoms with E-state index in [2.05, 4.69) is 0 Å². The number of ketones is 1. The number of aliphatic hydroxyl groups excluding tert-OH is 2. The van der Waals surface area contributed by atoms with E-state index in [-0.39, 0.29) is 6.67 Å². The van der Waals surface area contributed by atoms with Crippen molar-refractivity contribution in [2.75, 3.05) is 25.0 Å². The number of carbonyl (C=O) groups is 2. The van der Waals surface area contributed by atoms with Crippen LogP contribution in [0.5, 0.6) is 0 Å². The molecule has 0 radical (unpaired) electrons. The summed E-state index contributed by atoms with van der Waals surface area (Å²) in [7, 11) is 0. The minimum absolute atomic E-state index is 0.0202. The van der Waals surface area contributed by atoms with E-state index in [1.165, 1.54) is 9.80 Å². The van der Waals surface area contributed by atoms with Gasteiger partial charge in [-0.3, -0.25) is 14.5 Å². The fraction of sp³-hybridized carbons (Fsp3) is 0.333. The quantitative estimate of drug-likeness (QED) is 0.565. The van der Waals surface area contributed by atoms with Gasteiger partial charge in [-0.05, 0) is 19.1 Å². The Kier molecular flexibility index (Phi) is 3.42. The number of nitrogens with zero attached hydrogens (tertiary/aromatic N) is 2. The fourth-order valence-corrected chi connectivity index (χ4v) is 1.89. The molecule has 0 saturated carbocycles. The molecule has 1 aromatic rings. The molecule has 96 valence electrons. The van der Waals surface area contributed by atoms with Crippen LogP contribution in [0.3, 0.4) is 0 Å². The van der Waals surface area contributed by atoms with Gasteiger partial charge in [-0.2, -0.15) is 0 Å². The minimum Gasteiger partial charge on any atom is -0.381 e. The van der Waals surface area contributed by atoms with Crippen LogP contribution in [-0.4, -0.2) is 46.9 Å². The van der Waals surface area contributed by atoms with E-state index in [1.54, 1.807) is 18.2 Å². The van der Waals surface area contributed by atoms with Crippen molar-refractivity contribution in [2.24, 2.45) is 0 Å². The molecule has 1 aliphatic heterocycles. The number of aryl methyl sites for hydroxylation is 1. The average molecular weight is 250 g/mol. The predicted octanol–water partition coefficient (Wildman–Crippen LogP) is -0.317. The van der Waals surface area contributed by atoms with Gasteiger partial charge in [-0.25, -0.2) is 4.90 Å². The Labute approximate surface area is 104 Å². The largest absolute Gasteiger partial charge is 0.381 e. The first-order valence-corrected chi connectivity index (χ1v) is 5.49. The summed E-state index contributed by atoms with van der Waals surface area (Å²) in [5.74, 6) is -1.19. The third-order valence-electron chi connectivity index (χ3n) is 2.87. The van der Waals surface area contributed by atoms with Crippen LogP contribution < -0.4 is 4.90 Å². The van der Waals surface area contributed by atoms with Gasteiger partial charge in [0.2, 0.25) is 0 Å². The Hall–Kier alpha value is -1.76. The van der Waals surface area contributed by atoms with E-state index in [4.69, 9.17) is 10.2 Å². The molecule has 0 aliphatic carbocycles. The van der Waals surface area contributed by atoms with Gasteiger partial charge in [0.05, 0.1) is 31.4 Å². The molecule has 2 N–H and O–H groups in total. The number of amides is 1. The maximum Gasteiger partial charge on any atom is 0.300 e. The van der Waals surface area contributed by atoms with Gasteiger partial charge < -0.3 is 10.2 Å². The van der Waals surface area contributed by atoms with E-state index in [1.807, 2.05) is 6.92 Å². The van der Waals surface area contributed by atoms with E-state index in [9.17, 15) is 9.59 Å². The van der Waals surface area contributed by atoms with Crippen molar-refractivity contribution in [2.45, 2.75) is 6.92 Å². The molecule has 0 unspecified atom stereocenters. The summed E-state index contributed by atoms with van der Waals surface area (Å²) in [5.41, 5.74) is 1.79. The van der Waals surface area contributed by atoms with Crippen LogP contribution in [0.1, 0.15) is 15.9 Å². The van der Waals surface area contributed by atoms with Crippen LogP contribution >= 0.6 is 0 Å². The van der Waals surface area contributed by atoms with Gasteiger partial charge in [0.25, 0.3) is 5.78 Å². The molecule has 6 nitrogen and oxygen atoms in total. The van der Waals surface area contributed by atoms with Crippen LogP contribution in [0, 0.1) is 6.92 Å². The van der Waals surface area contributed by atoms with Crippen LogP contribution in [0.15, 0.2) is 18.2 Å². The number of anilines is 1.